The molecule has 0 saturated carbocycles. The average Bonchev–Trinajstić information content (AvgIpc) is 2.84. The van der Waals surface area contributed by atoms with E-state index in [-0.39, 0.29) is 16.7 Å². The van der Waals surface area contributed by atoms with E-state index in [1.54, 1.807) is 47.6 Å². The zero-order chi connectivity index (χ0) is 24.3. The Bertz CT molecular complexity index is 1370. The van der Waals surface area contributed by atoms with Gasteiger partial charge in [0.25, 0.3) is 5.56 Å². The van der Waals surface area contributed by atoms with Gasteiger partial charge in [-0.15, -0.1) is 0 Å². The van der Waals surface area contributed by atoms with Gasteiger partial charge in [-0.1, -0.05) is 42.5 Å². The van der Waals surface area contributed by atoms with Crippen molar-refractivity contribution in [2.24, 2.45) is 5.73 Å². The Morgan fingerprint density at radius 2 is 1.88 bits per heavy atom. The van der Waals surface area contributed by atoms with Gasteiger partial charge in [-0.2, -0.15) is 4.98 Å². The highest BCUT2D eigenvalue weighted by Gasteiger charge is 2.22. The number of hydrogen-bond acceptors (Lipinski definition) is 6. The van der Waals surface area contributed by atoms with Crippen LogP contribution in [0.15, 0.2) is 77.9 Å². The van der Waals surface area contributed by atoms with Crippen LogP contribution in [-0.2, 0) is 12.1 Å². The minimum absolute atomic E-state index is 0.241. The summed E-state index contributed by atoms with van der Waals surface area (Å²) in [4.78, 5) is 25.9. The van der Waals surface area contributed by atoms with Crippen molar-refractivity contribution in [2.45, 2.75) is 25.9 Å². The number of H-pyrrole nitrogens is 1. The number of anilines is 3. The molecule has 0 spiro atoms. The van der Waals surface area contributed by atoms with Gasteiger partial charge >= 0.3 is 0 Å². The van der Waals surface area contributed by atoms with Crippen LogP contribution in [0.25, 0.3) is 11.1 Å². The molecule has 0 saturated heterocycles. The number of aromatic amines is 1. The molecule has 0 aliphatic carbocycles. The fraction of sp³-hybridized carbons (Fsp3) is 0.192. The summed E-state index contributed by atoms with van der Waals surface area (Å²) < 4.78 is 14.3. The Morgan fingerprint density at radius 3 is 2.65 bits per heavy atom. The molecule has 2 heterocycles. The first-order valence-electron chi connectivity index (χ1n) is 10.9. The highest BCUT2D eigenvalue weighted by molar-refractivity contribution is 5.70. The Kier molecular flexibility index (Phi) is 6.43. The standard InChI is InChI=1S/C26H27FN6O/c1-26(2,18-8-6-7-17(13-18)15-28)32-25-29-12-11-23(31-25)33(3)19-14-21(24(34)30-16-19)20-9-4-5-10-22(20)27/h4-14,16H,15,28H2,1-3H3,(H,30,34)(H,29,31,32). The number of rotatable bonds is 7. The van der Waals surface area contributed by atoms with Crippen LogP contribution in [0.3, 0.4) is 0 Å². The highest BCUT2D eigenvalue weighted by Crippen LogP contribution is 2.28. The summed E-state index contributed by atoms with van der Waals surface area (Å²) in [6.07, 6.45) is 3.24. The van der Waals surface area contributed by atoms with E-state index in [2.05, 4.69) is 26.3 Å². The maximum absolute atomic E-state index is 14.3. The molecule has 174 valence electrons. The van der Waals surface area contributed by atoms with E-state index in [4.69, 9.17) is 5.73 Å². The van der Waals surface area contributed by atoms with Crippen molar-refractivity contribution >= 4 is 17.5 Å². The van der Waals surface area contributed by atoms with Gasteiger partial charge in [-0.3, -0.25) is 4.79 Å². The van der Waals surface area contributed by atoms with Crippen LogP contribution in [0.2, 0.25) is 0 Å². The summed E-state index contributed by atoms with van der Waals surface area (Å²) in [6.45, 7) is 4.56. The van der Waals surface area contributed by atoms with Crippen LogP contribution >= 0.6 is 0 Å². The van der Waals surface area contributed by atoms with Crippen molar-refractivity contribution in [3.63, 3.8) is 0 Å². The zero-order valence-electron chi connectivity index (χ0n) is 19.3. The van der Waals surface area contributed by atoms with Gasteiger partial charge in [0.1, 0.15) is 11.6 Å². The molecule has 0 atom stereocenters. The predicted octanol–water partition coefficient (Wildman–Crippen LogP) is 4.54. The van der Waals surface area contributed by atoms with E-state index in [0.29, 0.717) is 24.0 Å². The Balaban J connectivity index is 1.62. The van der Waals surface area contributed by atoms with Gasteiger partial charge in [0, 0.05) is 31.5 Å². The van der Waals surface area contributed by atoms with Gasteiger partial charge in [0.05, 0.1) is 16.8 Å². The fourth-order valence-electron chi connectivity index (χ4n) is 3.71. The lowest BCUT2D eigenvalue weighted by Crippen LogP contribution is -2.29. The molecular formula is C26H27FN6O. The van der Waals surface area contributed by atoms with E-state index in [1.807, 2.05) is 39.1 Å². The first-order valence-corrected chi connectivity index (χ1v) is 10.9. The molecule has 7 nitrogen and oxygen atoms in total. The molecule has 34 heavy (non-hydrogen) atoms. The van der Waals surface area contributed by atoms with Gasteiger partial charge in [-0.05, 0) is 43.2 Å². The number of hydrogen-bond donors (Lipinski definition) is 3. The largest absolute Gasteiger partial charge is 0.345 e. The number of nitrogens with one attached hydrogen (secondary N) is 2. The minimum atomic E-state index is -0.456. The Morgan fingerprint density at radius 1 is 1.09 bits per heavy atom. The van der Waals surface area contributed by atoms with E-state index in [0.717, 1.165) is 11.1 Å². The van der Waals surface area contributed by atoms with Gasteiger partial charge < -0.3 is 20.9 Å². The van der Waals surface area contributed by atoms with Crippen molar-refractivity contribution in [3.05, 3.63) is 100 Å². The lowest BCUT2D eigenvalue weighted by Gasteiger charge is -2.28. The third-order valence-electron chi connectivity index (χ3n) is 5.73. The smallest absolute Gasteiger partial charge is 0.256 e. The van der Waals surface area contributed by atoms with E-state index >= 15 is 0 Å². The lowest BCUT2D eigenvalue weighted by molar-refractivity contribution is 0.601. The fourth-order valence-corrected chi connectivity index (χ4v) is 3.71. The molecule has 4 rings (SSSR count). The molecule has 2 aromatic heterocycles. The van der Waals surface area contributed by atoms with Crippen LogP contribution in [0.1, 0.15) is 25.0 Å². The monoisotopic (exact) mass is 458 g/mol. The molecule has 0 bridgehead atoms. The van der Waals surface area contributed by atoms with Crippen molar-refractivity contribution in [3.8, 4) is 11.1 Å². The number of benzene rings is 2. The second-order valence-corrected chi connectivity index (χ2v) is 8.53. The second kappa shape index (κ2) is 9.44. The first-order chi connectivity index (χ1) is 16.3. The van der Waals surface area contributed by atoms with E-state index in [9.17, 15) is 9.18 Å². The SMILES string of the molecule is CN(c1c[nH]c(=O)c(-c2ccccc2F)c1)c1ccnc(NC(C)(C)c2cccc(CN)c2)n1. The van der Waals surface area contributed by atoms with Crippen LogP contribution in [0, 0.1) is 5.82 Å². The van der Waals surface area contributed by atoms with Gasteiger partial charge in [0.15, 0.2) is 0 Å². The summed E-state index contributed by atoms with van der Waals surface area (Å²) >= 11 is 0. The average molecular weight is 459 g/mol. The zero-order valence-corrected chi connectivity index (χ0v) is 19.3. The van der Waals surface area contributed by atoms with Crippen molar-refractivity contribution in [2.75, 3.05) is 17.3 Å². The maximum atomic E-state index is 14.3. The molecule has 0 radical (unpaired) electrons. The summed E-state index contributed by atoms with van der Waals surface area (Å²) in [7, 11) is 1.82. The number of pyridine rings is 1. The van der Waals surface area contributed by atoms with Crippen LogP contribution in [0.5, 0.6) is 0 Å². The van der Waals surface area contributed by atoms with Crippen LogP contribution in [0.4, 0.5) is 21.8 Å². The van der Waals surface area contributed by atoms with E-state index < -0.39 is 11.4 Å². The van der Waals surface area contributed by atoms with Gasteiger partial charge in [0.2, 0.25) is 5.95 Å². The van der Waals surface area contributed by atoms with Crippen molar-refractivity contribution < 1.29 is 4.39 Å². The van der Waals surface area contributed by atoms with Crippen molar-refractivity contribution in [1.82, 2.24) is 15.0 Å². The minimum Gasteiger partial charge on any atom is -0.345 e. The molecule has 2 aromatic carbocycles. The molecule has 0 unspecified atom stereocenters. The second-order valence-electron chi connectivity index (χ2n) is 8.53. The number of nitrogens with zero attached hydrogens (tertiary/aromatic N) is 3. The number of aromatic nitrogens is 3. The van der Waals surface area contributed by atoms with E-state index in [1.165, 1.54) is 6.07 Å². The van der Waals surface area contributed by atoms with Crippen molar-refractivity contribution in [1.29, 1.82) is 0 Å². The van der Waals surface area contributed by atoms with Crippen LogP contribution < -0.4 is 21.5 Å². The van der Waals surface area contributed by atoms with Gasteiger partial charge in [-0.25, -0.2) is 9.37 Å². The molecule has 4 aromatic rings. The Labute approximate surface area is 197 Å². The van der Waals surface area contributed by atoms with Crippen LogP contribution in [-0.4, -0.2) is 22.0 Å². The molecule has 0 aliphatic heterocycles. The molecule has 0 fully saturated rings. The third-order valence-corrected chi connectivity index (χ3v) is 5.73. The summed E-state index contributed by atoms with van der Waals surface area (Å²) in [5.41, 5.74) is 8.23. The molecular weight excluding hydrogens is 431 g/mol. The summed E-state index contributed by atoms with van der Waals surface area (Å²) in [6, 6.07) is 17.7. The lowest BCUT2D eigenvalue weighted by atomic mass is 9.93. The number of halogens is 1. The molecule has 4 N–H and O–H groups in total. The topological polar surface area (TPSA) is 99.9 Å². The Hall–Kier alpha value is -4.04. The molecule has 0 amide bonds. The highest BCUT2D eigenvalue weighted by atomic mass is 19.1. The quantitative estimate of drug-likeness (QED) is 0.376. The normalized spacial score (nSPS) is 11.3. The summed E-state index contributed by atoms with van der Waals surface area (Å²) in [5, 5.41) is 3.39. The summed E-state index contributed by atoms with van der Waals surface area (Å²) in [5.74, 6) is 0.601. The molecule has 0 aliphatic rings. The third kappa shape index (κ3) is 4.82. The number of nitrogens with two attached hydrogens (primary N) is 1. The predicted molar refractivity (Wildman–Crippen MR) is 134 cm³/mol. The molecule has 8 heteroatoms. The first kappa shape index (κ1) is 23.1. The maximum Gasteiger partial charge on any atom is 0.256 e.